The van der Waals surface area contributed by atoms with Crippen LogP contribution in [0.1, 0.15) is 71.3 Å². The molecule has 1 saturated heterocycles. The number of hydrogen-bond donors (Lipinski definition) is 2. The van der Waals surface area contributed by atoms with Crippen molar-refractivity contribution < 1.29 is 18.7 Å². The van der Waals surface area contributed by atoms with Gasteiger partial charge in [-0.15, -0.1) is 0 Å². The van der Waals surface area contributed by atoms with Gasteiger partial charge in [0.05, 0.1) is 0 Å². The topological polar surface area (TPSA) is 70.7 Å². The van der Waals surface area contributed by atoms with E-state index in [-0.39, 0.29) is 11.7 Å². The Labute approximate surface area is 220 Å². The molecule has 2 N–H and O–H groups in total. The minimum atomic E-state index is -0.609. The Morgan fingerprint density at radius 1 is 1.06 bits per heavy atom. The molecular weight excluding hydrogens is 477 g/mol. The molecule has 0 spiro atoms. The Bertz CT molecular complexity index is 816. The number of hydrogen-bond acceptors (Lipinski definition) is 5. The second-order valence-corrected chi connectivity index (χ2v) is 12.4. The van der Waals surface area contributed by atoms with E-state index in [0.717, 1.165) is 43.8 Å². The maximum absolute atomic E-state index is 13.1. The minimum Gasteiger partial charge on any atom is -0.444 e. The fraction of sp³-hybridized carbons (Fsp3) is 0.714. The molecule has 1 aliphatic carbocycles. The number of ether oxygens (including phenoxy) is 1. The number of piperidine rings is 1. The van der Waals surface area contributed by atoms with E-state index in [0.29, 0.717) is 24.1 Å². The van der Waals surface area contributed by atoms with Crippen molar-refractivity contribution in [2.75, 3.05) is 31.1 Å². The molecule has 1 aromatic carbocycles. The van der Waals surface area contributed by atoms with Gasteiger partial charge in [-0.25, -0.2) is 9.18 Å². The molecule has 0 bridgehead atoms. The van der Waals surface area contributed by atoms with Crippen LogP contribution < -0.4 is 10.6 Å². The van der Waals surface area contributed by atoms with Crippen LogP contribution in [0.3, 0.4) is 0 Å². The van der Waals surface area contributed by atoms with E-state index in [1.807, 2.05) is 32.9 Å². The Kier molecular flexibility index (Phi) is 11.4. The van der Waals surface area contributed by atoms with Gasteiger partial charge in [-0.2, -0.15) is 11.8 Å². The van der Waals surface area contributed by atoms with Crippen molar-refractivity contribution in [2.45, 2.75) is 83.9 Å². The summed E-state index contributed by atoms with van der Waals surface area (Å²) in [6.07, 6.45) is 7.92. The number of nitrogens with one attached hydrogen (secondary N) is 2. The zero-order valence-electron chi connectivity index (χ0n) is 22.2. The van der Waals surface area contributed by atoms with Crippen molar-refractivity contribution in [1.29, 1.82) is 0 Å². The van der Waals surface area contributed by atoms with Gasteiger partial charge in [-0.1, -0.05) is 31.4 Å². The summed E-state index contributed by atoms with van der Waals surface area (Å²) in [6, 6.07) is 6.09. The van der Waals surface area contributed by atoms with Crippen LogP contribution in [0, 0.1) is 17.7 Å². The molecule has 0 radical (unpaired) electrons. The molecule has 2 aliphatic rings. The third-order valence-electron chi connectivity index (χ3n) is 6.96. The number of amides is 2. The second-order valence-electron chi connectivity index (χ2n) is 11.3. The first kappa shape index (κ1) is 28.8. The summed E-state index contributed by atoms with van der Waals surface area (Å²) in [7, 11) is 0. The molecule has 1 aliphatic heterocycles. The monoisotopic (exact) mass is 521 g/mol. The SMILES string of the molecule is CC(C)(C)OC(=O)NC(CSCC1CCCCC1)C(=O)NCC1CCN(Cc2ccc(F)cc2)CC1. The highest BCUT2D eigenvalue weighted by Crippen LogP contribution is 2.27. The number of rotatable bonds is 10. The number of carbonyl (C=O) groups excluding carboxylic acids is 2. The van der Waals surface area contributed by atoms with Crippen LogP contribution in [0.15, 0.2) is 24.3 Å². The fourth-order valence-electron chi connectivity index (χ4n) is 4.90. The number of likely N-dealkylation sites (tertiary alicyclic amines) is 1. The number of nitrogens with zero attached hydrogens (tertiary/aromatic N) is 1. The average molecular weight is 522 g/mol. The summed E-state index contributed by atoms with van der Waals surface area (Å²) in [5.74, 6) is 2.37. The summed E-state index contributed by atoms with van der Waals surface area (Å²) in [6.45, 7) is 8.80. The molecule has 1 heterocycles. The van der Waals surface area contributed by atoms with Crippen LogP contribution >= 0.6 is 11.8 Å². The predicted molar refractivity (Wildman–Crippen MR) is 144 cm³/mol. The summed E-state index contributed by atoms with van der Waals surface area (Å²) >= 11 is 1.76. The van der Waals surface area contributed by atoms with E-state index in [4.69, 9.17) is 4.74 Å². The lowest BCUT2D eigenvalue weighted by Crippen LogP contribution is -2.51. The first-order valence-corrected chi connectivity index (χ1v) is 14.6. The molecule has 8 heteroatoms. The first-order valence-electron chi connectivity index (χ1n) is 13.5. The molecule has 2 amide bonds. The van der Waals surface area contributed by atoms with E-state index in [9.17, 15) is 14.0 Å². The molecule has 1 aromatic rings. The van der Waals surface area contributed by atoms with Gasteiger partial charge in [0.15, 0.2) is 0 Å². The lowest BCUT2D eigenvalue weighted by Gasteiger charge is -2.32. The summed E-state index contributed by atoms with van der Waals surface area (Å²) in [4.78, 5) is 27.8. The average Bonchev–Trinajstić information content (AvgIpc) is 2.84. The van der Waals surface area contributed by atoms with Crippen molar-refractivity contribution in [3.8, 4) is 0 Å². The molecule has 6 nitrogen and oxygen atoms in total. The molecule has 202 valence electrons. The normalized spacial score (nSPS) is 19.0. The van der Waals surface area contributed by atoms with Gasteiger partial charge in [0.2, 0.25) is 5.91 Å². The van der Waals surface area contributed by atoms with E-state index in [1.54, 1.807) is 11.8 Å². The maximum atomic E-state index is 13.1. The van der Waals surface area contributed by atoms with Gasteiger partial charge in [-0.05, 0) is 94.8 Å². The van der Waals surface area contributed by atoms with Crippen LogP contribution in [0.2, 0.25) is 0 Å². The highest BCUT2D eigenvalue weighted by atomic mass is 32.2. The first-order chi connectivity index (χ1) is 17.2. The Hall–Kier alpha value is -1.80. The van der Waals surface area contributed by atoms with Gasteiger partial charge >= 0.3 is 6.09 Å². The van der Waals surface area contributed by atoms with Gasteiger partial charge in [0, 0.05) is 18.8 Å². The highest BCUT2D eigenvalue weighted by molar-refractivity contribution is 7.99. The van der Waals surface area contributed by atoms with Gasteiger partial charge in [0.1, 0.15) is 17.5 Å². The zero-order valence-corrected chi connectivity index (χ0v) is 23.0. The lowest BCUT2D eigenvalue weighted by atomic mass is 9.91. The standard InChI is InChI=1S/C28H44FN3O3S/c1-28(2,3)35-27(34)31-25(20-36-19-23-7-5-4-6-8-23)26(33)30-17-21-13-15-32(16-14-21)18-22-9-11-24(29)12-10-22/h9-12,21,23,25H,4-8,13-20H2,1-3H3,(H,30,33)(H,31,34). The molecule has 3 rings (SSSR count). The largest absolute Gasteiger partial charge is 0.444 e. The van der Waals surface area contributed by atoms with Crippen molar-refractivity contribution in [2.24, 2.45) is 11.8 Å². The van der Waals surface area contributed by atoms with E-state index < -0.39 is 17.7 Å². The van der Waals surface area contributed by atoms with E-state index in [1.165, 1.54) is 44.2 Å². The van der Waals surface area contributed by atoms with Crippen molar-refractivity contribution in [3.63, 3.8) is 0 Å². The summed E-state index contributed by atoms with van der Waals surface area (Å²) < 4.78 is 18.6. The third kappa shape index (κ3) is 10.7. The Morgan fingerprint density at radius 3 is 2.36 bits per heavy atom. The quantitative estimate of drug-likeness (QED) is 0.434. The van der Waals surface area contributed by atoms with Crippen LogP contribution in [0.4, 0.5) is 9.18 Å². The molecule has 2 fully saturated rings. The predicted octanol–water partition coefficient (Wildman–Crippen LogP) is 5.36. The Morgan fingerprint density at radius 2 is 1.72 bits per heavy atom. The molecule has 0 aromatic heterocycles. The number of alkyl carbamates (subject to hydrolysis) is 1. The van der Waals surface area contributed by atoms with Crippen LogP contribution in [-0.2, 0) is 16.1 Å². The zero-order chi connectivity index (χ0) is 26.0. The number of carbonyl (C=O) groups is 2. The lowest BCUT2D eigenvalue weighted by molar-refractivity contribution is -0.122. The van der Waals surface area contributed by atoms with Gasteiger partial charge < -0.3 is 15.4 Å². The maximum Gasteiger partial charge on any atom is 0.408 e. The highest BCUT2D eigenvalue weighted by Gasteiger charge is 2.26. The summed E-state index contributed by atoms with van der Waals surface area (Å²) in [5.41, 5.74) is 0.507. The molecule has 1 atom stereocenters. The smallest absolute Gasteiger partial charge is 0.408 e. The Balaban J connectivity index is 1.43. The second kappa shape index (κ2) is 14.2. The van der Waals surface area contributed by atoms with Crippen molar-refractivity contribution >= 4 is 23.8 Å². The molecule has 1 unspecified atom stereocenters. The van der Waals surface area contributed by atoms with Crippen LogP contribution in [0.5, 0.6) is 0 Å². The van der Waals surface area contributed by atoms with Crippen LogP contribution in [0.25, 0.3) is 0 Å². The number of benzene rings is 1. The van der Waals surface area contributed by atoms with Gasteiger partial charge in [-0.3, -0.25) is 9.69 Å². The van der Waals surface area contributed by atoms with Gasteiger partial charge in [0.25, 0.3) is 0 Å². The number of thioether (sulfide) groups is 1. The summed E-state index contributed by atoms with van der Waals surface area (Å²) in [5, 5.41) is 5.91. The molecular formula is C28H44FN3O3S. The van der Waals surface area contributed by atoms with Crippen molar-refractivity contribution in [1.82, 2.24) is 15.5 Å². The fourth-order valence-corrected chi connectivity index (χ4v) is 6.18. The van der Waals surface area contributed by atoms with E-state index >= 15 is 0 Å². The molecule has 36 heavy (non-hydrogen) atoms. The minimum absolute atomic E-state index is 0.134. The van der Waals surface area contributed by atoms with E-state index in [2.05, 4.69) is 15.5 Å². The third-order valence-corrected chi connectivity index (χ3v) is 8.24. The number of halogens is 1. The van der Waals surface area contributed by atoms with Crippen LogP contribution in [-0.4, -0.2) is 59.7 Å². The molecule has 1 saturated carbocycles. The van der Waals surface area contributed by atoms with Crippen molar-refractivity contribution in [3.05, 3.63) is 35.6 Å².